The van der Waals surface area contributed by atoms with E-state index in [-0.39, 0.29) is 0 Å². The van der Waals surface area contributed by atoms with E-state index in [1.165, 1.54) is 45.3 Å². The molecule has 0 saturated carbocycles. The van der Waals surface area contributed by atoms with E-state index in [0.717, 1.165) is 12.5 Å². The molecule has 2 atom stereocenters. The van der Waals surface area contributed by atoms with E-state index in [1.54, 1.807) is 0 Å². The van der Waals surface area contributed by atoms with Crippen molar-refractivity contribution in [3.05, 3.63) is 0 Å². The van der Waals surface area contributed by atoms with E-state index in [9.17, 15) is 0 Å². The van der Waals surface area contributed by atoms with E-state index >= 15 is 0 Å². The summed E-state index contributed by atoms with van der Waals surface area (Å²) in [5.74, 6) is 0.893. The Morgan fingerprint density at radius 3 is 2.50 bits per heavy atom. The van der Waals surface area contributed by atoms with E-state index in [0.29, 0.717) is 12.2 Å². The minimum Gasteiger partial charge on any atom is -0.374 e. The molecule has 94 valence electrons. The molecule has 2 aliphatic heterocycles. The van der Waals surface area contributed by atoms with Gasteiger partial charge in [-0.2, -0.15) is 0 Å². The van der Waals surface area contributed by atoms with Gasteiger partial charge in [-0.25, -0.2) is 0 Å². The SMILES string of the molecule is CNCC1CCN(CC2CCC(C)O2)CC1. The Balaban J connectivity index is 1.65. The minimum absolute atomic E-state index is 0.492. The second-order valence-electron chi connectivity index (χ2n) is 5.45. The monoisotopic (exact) mass is 226 g/mol. The lowest BCUT2D eigenvalue weighted by Crippen LogP contribution is -2.40. The fourth-order valence-corrected chi connectivity index (χ4v) is 2.97. The zero-order valence-corrected chi connectivity index (χ0v) is 10.7. The molecule has 2 unspecified atom stereocenters. The molecule has 3 nitrogen and oxygen atoms in total. The molecular weight excluding hydrogens is 200 g/mol. The molecule has 2 fully saturated rings. The van der Waals surface area contributed by atoms with Gasteiger partial charge in [-0.15, -0.1) is 0 Å². The smallest absolute Gasteiger partial charge is 0.0706 e. The first-order valence-corrected chi connectivity index (χ1v) is 6.80. The molecule has 2 rings (SSSR count). The standard InChI is InChI=1S/C13H26N2O/c1-11-3-4-13(16-11)10-15-7-5-12(6-8-15)9-14-2/h11-14H,3-10H2,1-2H3. The first-order chi connectivity index (χ1) is 7.78. The van der Waals surface area contributed by atoms with E-state index in [1.807, 2.05) is 0 Å². The summed E-state index contributed by atoms with van der Waals surface area (Å²) in [6.07, 6.45) is 6.22. The van der Waals surface area contributed by atoms with Gasteiger partial charge in [-0.3, -0.25) is 0 Å². The average Bonchev–Trinajstić information content (AvgIpc) is 2.67. The van der Waals surface area contributed by atoms with Crippen LogP contribution in [0.3, 0.4) is 0 Å². The van der Waals surface area contributed by atoms with Gasteiger partial charge in [0, 0.05) is 6.54 Å². The maximum atomic E-state index is 5.88. The number of rotatable bonds is 4. The molecule has 0 bridgehead atoms. The summed E-state index contributed by atoms with van der Waals surface area (Å²) >= 11 is 0. The highest BCUT2D eigenvalue weighted by molar-refractivity contribution is 4.78. The molecule has 0 aliphatic carbocycles. The lowest BCUT2D eigenvalue weighted by molar-refractivity contribution is 0.0240. The maximum absolute atomic E-state index is 5.88. The molecule has 0 aromatic carbocycles. The van der Waals surface area contributed by atoms with E-state index in [2.05, 4.69) is 24.2 Å². The fourth-order valence-electron chi connectivity index (χ4n) is 2.97. The van der Waals surface area contributed by atoms with Crippen molar-refractivity contribution in [3.63, 3.8) is 0 Å². The van der Waals surface area contributed by atoms with Crippen LogP contribution in [-0.4, -0.2) is 50.3 Å². The van der Waals surface area contributed by atoms with Crippen molar-refractivity contribution in [1.82, 2.24) is 10.2 Å². The summed E-state index contributed by atoms with van der Waals surface area (Å²) in [4.78, 5) is 2.59. The minimum atomic E-state index is 0.492. The molecule has 0 aromatic heterocycles. The molecule has 0 spiro atoms. The van der Waals surface area contributed by atoms with Crippen LogP contribution in [0.25, 0.3) is 0 Å². The second-order valence-corrected chi connectivity index (χ2v) is 5.45. The van der Waals surface area contributed by atoms with Gasteiger partial charge in [0.2, 0.25) is 0 Å². The number of nitrogens with zero attached hydrogens (tertiary/aromatic N) is 1. The molecular formula is C13H26N2O. The second kappa shape index (κ2) is 5.99. The topological polar surface area (TPSA) is 24.5 Å². The molecule has 0 amide bonds. The van der Waals surface area contributed by atoms with Crippen LogP contribution in [0.1, 0.15) is 32.6 Å². The predicted molar refractivity (Wildman–Crippen MR) is 66.7 cm³/mol. The number of hydrogen-bond acceptors (Lipinski definition) is 3. The van der Waals surface area contributed by atoms with Gasteiger partial charge in [0.25, 0.3) is 0 Å². The summed E-state index contributed by atoms with van der Waals surface area (Å²) < 4.78 is 5.88. The van der Waals surface area contributed by atoms with Crippen LogP contribution in [0, 0.1) is 5.92 Å². The normalized spacial score (nSPS) is 33.4. The van der Waals surface area contributed by atoms with Crippen molar-refractivity contribution in [1.29, 1.82) is 0 Å². The summed E-state index contributed by atoms with van der Waals surface area (Å²) in [5.41, 5.74) is 0. The zero-order chi connectivity index (χ0) is 11.4. The largest absolute Gasteiger partial charge is 0.374 e. The van der Waals surface area contributed by atoms with Gasteiger partial charge in [-0.1, -0.05) is 0 Å². The molecule has 2 aliphatic rings. The first-order valence-electron chi connectivity index (χ1n) is 6.80. The maximum Gasteiger partial charge on any atom is 0.0706 e. The van der Waals surface area contributed by atoms with Crippen LogP contribution in [-0.2, 0) is 4.74 Å². The number of piperidine rings is 1. The van der Waals surface area contributed by atoms with Gasteiger partial charge >= 0.3 is 0 Å². The number of nitrogens with one attached hydrogen (secondary N) is 1. The highest BCUT2D eigenvalue weighted by Gasteiger charge is 2.26. The molecule has 16 heavy (non-hydrogen) atoms. The summed E-state index contributed by atoms with van der Waals surface area (Å²) in [6, 6.07) is 0. The van der Waals surface area contributed by atoms with Gasteiger partial charge in [0.1, 0.15) is 0 Å². The van der Waals surface area contributed by atoms with E-state index in [4.69, 9.17) is 4.74 Å². The van der Waals surface area contributed by atoms with Crippen LogP contribution < -0.4 is 5.32 Å². The van der Waals surface area contributed by atoms with Crippen LogP contribution in [0.5, 0.6) is 0 Å². The first kappa shape index (κ1) is 12.3. The van der Waals surface area contributed by atoms with Crippen molar-refractivity contribution in [3.8, 4) is 0 Å². The molecule has 1 N–H and O–H groups in total. The Hall–Kier alpha value is -0.120. The molecule has 2 heterocycles. The lowest BCUT2D eigenvalue weighted by Gasteiger charge is -2.33. The molecule has 3 heteroatoms. The predicted octanol–water partition coefficient (Wildman–Crippen LogP) is 1.49. The van der Waals surface area contributed by atoms with E-state index < -0.39 is 0 Å². The Morgan fingerprint density at radius 2 is 1.94 bits per heavy atom. The summed E-state index contributed by atoms with van der Waals surface area (Å²) in [7, 11) is 2.06. The van der Waals surface area contributed by atoms with Crippen molar-refractivity contribution in [2.24, 2.45) is 5.92 Å². The van der Waals surface area contributed by atoms with Crippen molar-refractivity contribution in [2.45, 2.75) is 44.8 Å². The third-order valence-corrected chi connectivity index (χ3v) is 3.98. The Labute approximate surface area is 99.5 Å². The lowest BCUT2D eigenvalue weighted by atomic mass is 9.96. The van der Waals surface area contributed by atoms with Crippen LogP contribution in [0.15, 0.2) is 0 Å². The molecule has 2 saturated heterocycles. The van der Waals surface area contributed by atoms with Gasteiger partial charge in [0.15, 0.2) is 0 Å². The Morgan fingerprint density at radius 1 is 1.19 bits per heavy atom. The van der Waals surface area contributed by atoms with Crippen LogP contribution in [0.2, 0.25) is 0 Å². The third kappa shape index (κ3) is 3.44. The summed E-state index contributed by atoms with van der Waals surface area (Å²) in [5, 5.41) is 3.29. The summed E-state index contributed by atoms with van der Waals surface area (Å²) in [6.45, 7) is 7.07. The number of likely N-dealkylation sites (tertiary alicyclic amines) is 1. The van der Waals surface area contributed by atoms with Crippen molar-refractivity contribution >= 4 is 0 Å². The highest BCUT2D eigenvalue weighted by Crippen LogP contribution is 2.22. The Kier molecular flexibility index (Phi) is 4.62. The highest BCUT2D eigenvalue weighted by atomic mass is 16.5. The average molecular weight is 226 g/mol. The quantitative estimate of drug-likeness (QED) is 0.786. The Bertz CT molecular complexity index is 202. The van der Waals surface area contributed by atoms with Crippen LogP contribution in [0.4, 0.5) is 0 Å². The van der Waals surface area contributed by atoms with Gasteiger partial charge < -0.3 is 15.0 Å². The van der Waals surface area contributed by atoms with Gasteiger partial charge in [0.05, 0.1) is 12.2 Å². The number of ether oxygens (including phenoxy) is 1. The zero-order valence-electron chi connectivity index (χ0n) is 10.7. The molecule has 0 radical (unpaired) electrons. The number of hydrogen-bond donors (Lipinski definition) is 1. The fraction of sp³-hybridized carbons (Fsp3) is 1.00. The van der Waals surface area contributed by atoms with Crippen molar-refractivity contribution < 1.29 is 4.74 Å². The molecule has 0 aromatic rings. The van der Waals surface area contributed by atoms with Crippen LogP contribution >= 0.6 is 0 Å². The van der Waals surface area contributed by atoms with Gasteiger partial charge in [-0.05, 0) is 65.2 Å². The van der Waals surface area contributed by atoms with Crippen molar-refractivity contribution in [2.75, 3.05) is 33.2 Å². The third-order valence-electron chi connectivity index (χ3n) is 3.98.